The highest BCUT2D eigenvalue weighted by atomic mass is 16.6. The van der Waals surface area contributed by atoms with E-state index in [0.29, 0.717) is 5.69 Å². The lowest BCUT2D eigenvalue weighted by Crippen LogP contribution is -2.32. The van der Waals surface area contributed by atoms with Crippen LogP contribution in [0.25, 0.3) is 0 Å². The van der Waals surface area contributed by atoms with Crippen LogP contribution in [0.2, 0.25) is 0 Å². The number of fused-ring (bicyclic) bond motifs is 5. The number of anilines is 1. The minimum Gasteiger partial charge on any atom is -0.274 e. The Bertz CT molecular complexity index is 664. The Kier molecular flexibility index (Phi) is 2.34. The molecule has 2 aliphatic carbocycles. The molecule has 106 valence electrons. The second kappa shape index (κ2) is 4.00. The fourth-order valence-electron chi connectivity index (χ4n) is 3.88. The van der Waals surface area contributed by atoms with Gasteiger partial charge in [-0.15, -0.1) is 0 Å². The zero-order valence-electron chi connectivity index (χ0n) is 11.0. The Labute approximate surface area is 120 Å². The monoisotopic (exact) mass is 284 g/mol. The minimum atomic E-state index is -0.504. The van der Waals surface area contributed by atoms with E-state index in [4.69, 9.17) is 0 Å². The highest BCUT2D eigenvalue weighted by Crippen LogP contribution is 2.53. The van der Waals surface area contributed by atoms with E-state index in [1.54, 1.807) is 0 Å². The van der Waals surface area contributed by atoms with Crippen molar-refractivity contribution < 1.29 is 14.5 Å². The van der Waals surface area contributed by atoms with Crippen molar-refractivity contribution in [3.05, 3.63) is 46.5 Å². The molecule has 21 heavy (non-hydrogen) atoms. The molecule has 4 atom stereocenters. The number of imide groups is 1. The maximum absolute atomic E-state index is 12.5. The van der Waals surface area contributed by atoms with Gasteiger partial charge in [-0.05, 0) is 30.4 Å². The van der Waals surface area contributed by atoms with Crippen LogP contribution in [0, 0.1) is 33.8 Å². The summed E-state index contributed by atoms with van der Waals surface area (Å²) in [6.07, 6.45) is 4.97. The SMILES string of the molecule is O=C1[C@@H]2[C@H](C(=O)N1c1ccc([N+](=O)[O-])cc1)[C@@H]1C=C[C@@H]2C1. The van der Waals surface area contributed by atoms with Gasteiger partial charge in [0.25, 0.3) is 5.69 Å². The fourth-order valence-corrected chi connectivity index (χ4v) is 3.88. The van der Waals surface area contributed by atoms with Crippen molar-refractivity contribution >= 4 is 23.2 Å². The van der Waals surface area contributed by atoms with Gasteiger partial charge in [0.2, 0.25) is 11.8 Å². The molecule has 3 aliphatic rings. The molecule has 0 unspecified atom stereocenters. The van der Waals surface area contributed by atoms with Crippen LogP contribution in [0.3, 0.4) is 0 Å². The summed E-state index contributed by atoms with van der Waals surface area (Å²) in [6.45, 7) is 0. The standard InChI is InChI=1S/C15H12N2O4/c18-14-12-8-1-2-9(7-8)13(12)15(19)16(14)10-3-5-11(6-4-10)17(20)21/h1-6,8-9,12-13H,7H2/t8-,9-,12-,13+/m1/s1. The lowest BCUT2D eigenvalue weighted by molar-refractivity contribution is -0.384. The van der Waals surface area contributed by atoms with Gasteiger partial charge in [0, 0.05) is 12.1 Å². The number of carbonyl (C=O) groups is 2. The predicted octanol–water partition coefficient (Wildman–Crippen LogP) is 1.91. The van der Waals surface area contributed by atoms with Crippen molar-refractivity contribution in [3.8, 4) is 0 Å². The third-order valence-electron chi connectivity index (χ3n) is 4.79. The Morgan fingerprint density at radius 2 is 1.52 bits per heavy atom. The quantitative estimate of drug-likeness (QED) is 0.359. The molecule has 1 saturated carbocycles. The number of nitro groups is 1. The summed E-state index contributed by atoms with van der Waals surface area (Å²) in [5.41, 5.74) is 0.365. The molecule has 1 saturated heterocycles. The van der Waals surface area contributed by atoms with Gasteiger partial charge in [0.1, 0.15) is 0 Å². The molecule has 0 spiro atoms. The number of allylic oxidation sites excluding steroid dienone is 2. The van der Waals surface area contributed by atoms with Crippen LogP contribution >= 0.6 is 0 Å². The van der Waals surface area contributed by atoms with E-state index in [0.717, 1.165) is 6.42 Å². The normalized spacial score (nSPS) is 32.9. The van der Waals surface area contributed by atoms with E-state index in [1.165, 1.54) is 29.2 Å². The van der Waals surface area contributed by atoms with Crippen molar-refractivity contribution in [2.45, 2.75) is 6.42 Å². The maximum Gasteiger partial charge on any atom is 0.269 e. The number of carbonyl (C=O) groups excluding carboxylic acids is 2. The second-order valence-electron chi connectivity index (χ2n) is 5.79. The van der Waals surface area contributed by atoms with Gasteiger partial charge in [-0.2, -0.15) is 0 Å². The summed E-state index contributed by atoms with van der Waals surface area (Å²) < 4.78 is 0. The van der Waals surface area contributed by atoms with Crippen LogP contribution in [-0.2, 0) is 9.59 Å². The molecule has 1 aliphatic heterocycles. The van der Waals surface area contributed by atoms with Crippen LogP contribution in [0.1, 0.15) is 6.42 Å². The number of nitrogens with zero attached hydrogens (tertiary/aromatic N) is 2. The molecule has 2 amide bonds. The lowest BCUT2D eigenvalue weighted by Gasteiger charge is -2.16. The van der Waals surface area contributed by atoms with E-state index in [2.05, 4.69) is 0 Å². The Balaban J connectivity index is 1.69. The molecule has 1 heterocycles. The van der Waals surface area contributed by atoms with Crippen molar-refractivity contribution in [2.24, 2.45) is 23.7 Å². The smallest absolute Gasteiger partial charge is 0.269 e. The summed E-state index contributed by atoms with van der Waals surface area (Å²) >= 11 is 0. The second-order valence-corrected chi connectivity index (χ2v) is 5.79. The number of amides is 2. The molecule has 6 nitrogen and oxygen atoms in total. The van der Waals surface area contributed by atoms with E-state index in [1.807, 2.05) is 12.2 Å². The summed E-state index contributed by atoms with van der Waals surface area (Å²) in [7, 11) is 0. The van der Waals surface area contributed by atoms with Gasteiger partial charge in [-0.3, -0.25) is 24.6 Å². The van der Waals surface area contributed by atoms with Crippen LogP contribution in [0.15, 0.2) is 36.4 Å². The lowest BCUT2D eigenvalue weighted by atomic mass is 9.85. The molecule has 0 radical (unpaired) electrons. The summed E-state index contributed by atoms with van der Waals surface area (Å²) in [6, 6.07) is 5.56. The average molecular weight is 284 g/mol. The topological polar surface area (TPSA) is 80.5 Å². The molecule has 2 fully saturated rings. The van der Waals surface area contributed by atoms with Crippen LogP contribution in [-0.4, -0.2) is 16.7 Å². The summed E-state index contributed by atoms with van der Waals surface area (Å²) in [5, 5.41) is 10.7. The fraction of sp³-hybridized carbons (Fsp3) is 0.333. The predicted molar refractivity (Wildman–Crippen MR) is 73.3 cm³/mol. The van der Waals surface area contributed by atoms with E-state index < -0.39 is 4.92 Å². The molecular weight excluding hydrogens is 272 g/mol. The average Bonchev–Trinajstić information content (AvgIpc) is 3.13. The minimum absolute atomic E-state index is 0.0558. The molecule has 2 bridgehead atoms. The third kappa shape index (κ3) is 1.53. The van der Waals surface area contributed by atoms with Gasteiger partial charge < -0.3 is 0 Å². The third-order valence-corrected chi connectivity index (χ3v) is 4.79. The highest BCUT2D eigenvalue weighted by Gasteiger charge is 2.59. The zero-order valence-corrected chi connectivity index (χ0v) is 11.0. The molecule has 0 aromatic heterocycles. The number of non-ortho nitro benzene ring substituents is 1. The molecular formula is C15H12N2O4. The Morgan fingerprint density at radius 3 is 2.00 bits per heavy atom. The van der Waals surface area contributed by atoms with E-state index in [9.17, 15) is 19.7 Å². The Morgan fingerprint density at radius 1 is 1.00 bits per heavy atom. The van der Waals surface area contributed by atoms with Gasteiger partial charge in [0.15, 0.2) is 0 Å². The zero-order chi connectivity index (χ0) is 14.7. The number of rotatable bonds is 2. The van der Waals surface area contributed by atoms with Gasteiger partial charge >= 0.3 is 0 Å². The summed E-state index contributed by atoms with van der Waals surface area (Å²) in [4.78, 5) is 36.4. The van der Waals surface area contributed by atoms with E-state index >= 15 is 0 Å². The number of nitro benzene ring substituents is 1. The molecule has 6 heteroatoms. The highest BCUT2D eigenvalue weighted by molar-refractivity contribution is 6.22. The molecule has 1 aromatic carbocycles. The maximum atomic E-state index is 12.5. The Hall–Kier alpha value is -2.50. The van der Waals surface area contributed by atoms with Gasteiger partial charge in [-0.25, -0.2) is 0 Å². The van der Waals surface area contributed by atoms with Crippen LogP contribution in [0.5, 0.6) is 0 Å². The van der Waals surface area contributed by atoms with Crippen LogP contribution in [0.4, 0.5) is 11.4 Å². The van der Waals surface area contributed by atoms with Crippen molar-refractivity contribution in [1.82, 2.24) is 0 Å². The van der Waals surface area contributed by atoms with Gasteiger partial charge in [-0.1, -0.05) is 12.2 Å². The first-order valence-corrected chi connectivity index (χ1v) is 6.88. The first-order chi connectivity index (χ1) is 10.1. The number of hydrogen-bond acceptors (Lipinski definition) is 4. The van der Waals surface area contributed by atoms with Gasteiger partial charge in [0.05, 0.1) is 22.4 Å². The van der Waals surface area contributed by atoms with Crippen molar-refractivity contribution in [2.75, 3.05) is 4.90 Å². The molecule has 4 rings (SSSR count). The largest absolute Gasteiger partial charge is 0.274 e. The first-order valence-electron chi connectivity index (χ1n) is 6.88. The molecule has 1 aromatic rings. The number of benzene rings is 1. The van der Waals surface area contributed by atoms with Crippen LogP contribution < -0.4 is 4.90 Å². The molecule has 0 N–H and O–H groups in total. The van der Waals surface area contributed by atoms with Crippen molar-refractivity contribution in [3.63, 3.8) is 0 Å². The summed E-state index contributed by atoms with van der Waals surface area (Å²) in [5.74, 6) is -0.504. The van der Waals surface area contributed by atoms with E-state index in [-0.39, 0.29) is 41.2 Å². The number of hydrogen-bond donors (Lipinski definition) is 0. The van der Waals surface area contributed by atoms with Crippen molar-refractivity contribution in [1.29, 1.82) is 0 Å². The first kappa shape index (κ1) is 12.3.